The van der Waals surface area contributed by atoms with Crippen LogP contribution in [0.3, 0.4) is 0 Å². The van der Waals surface area contributed by atoms with Crippen molar-refractivity contribution in [1.82, 2.24) is 4.98 Å². The summed E-state index contributed by atoms with van der Waals surface area (Å²) in [6, 6.07) is 14.0. The Bertz CT molecular complexity index is 1360. The Morgan fingerprint density at radius 3 is 2.20 bits per heavy atom. The zero-order valence-corrected chi connectivity index (χ0v) is 20.6. The maximum Gasteiger partial charge on any atom is 0.340 e. The summed E-state index contributed by atoms with van der Waals surface area (Å²) in [5, 5.41) is 0. The van der Waals surface area contributed by atoms with Gasteiger partial charge in [-0.3, -0.25) is 9.10 Å². The van der Waals surface area contributed by atoms with Gasteiger partial charge in [0.15, 0.2) is 6.61 Å². The van der Waals surface area contributed by atoms with E-state index in [-0.39, 0.29) is 28.3 Å². The van der Waals surface area contributed by atoms with Crippen molar-refractivity contribution < 1.29 is 32.3 Å². The van der Waals surface area contributed by atoms with Crippen LogP contribution in [0.2, 0.25) is 0 Å². The Morgan fingerprint density at radius 2 is 1.54 bits per heavy atom. The number of ether oxygens (including phenoxy) is 2. The molecule has 1 N–H and O–H groups in total. The quantitative estimate of drug-likeness (QED) is 0.353. The van der Waals surface area contributed by atoms with Crippen molar-refractivity contribution in [3.05, 3.63) is 82.7 Å². The standard InChI is InChI=1S/C25H26N2O7S/c1-5-33-25(30)22-16(2)23(26-17(22)3)20(28)15-34-24(29)19-13-9-10-14-21(19)35(31,32)27(4)18-11-7-6-8-12-18/h6-14,26H,5,15H2,1-4H3. The average Bonchev–Trinajstić information content (AvgIpc) is 3.16. The number of aromatic nitrogens is 1. The van der Waals surface area contributed by atoms with Crippen molar-refractivity contribution in [1.29, 1.82) is 0 Å². The van der Waals surface area contributed by atoms with Crippen LogP contribution in [-0.4, -0.2) is 51.4 Å². The molecule has 0 fully saturated rings. The minimum atomic E-state index is -4.09. The van der Waals surface area contributed by atoms with Gasteiger partial charge >= 0.3 is 11.9 Å². The number of nitrogens with zero attached hydrogens (tertiary/aromatic N) is 1. The number of esters is 2. The average molecular weight is 499 g/mol. The second-order valence-corrected chi connectivity index (χ2v) is 9.59. The highest BCUT2D eigenvalue weighted by Gasteiger charge is 2.28. The summed E-state index contributed by atoms with van der Waals surface area (Å²) in [5.74, 6) is -2.10. The molecule has 0 saturated carbocycles. The maximum absolute atomic E-state index is 13.2. The number of H-pyrrole nitrogens is 1. The van der Waals surface area contributed by atoms with Gasteiger partial charge in [-0.25, -0.2) is 18.0 Å². The first-order chi connectivity index (χ1) is 16.6. The molecule has 0 amide bonds. The third kappa shape index (κ3) is 5.27. The highest BCUT2D eigenvalue weighted by molar-refractivity contribution is 7.92. The Kier molecular flexibility index (Phi) is 7.75. The molecule has 10 heteroatoms. The number of carbonyl (C=O) groups is 3. The molecule has 3 aromatic rings. The van der Waals surface area contributed by atoms with Crippen LogP contribution in [0.15, 0.2) is 59.5 Å². The van der Waals surface area contributed by atoms with Gasteiger partial charge in [-0.05, 0) is 50.6 Å². The third-order valence-electron chi connectivity index (χ3n) is 5.40. The molecule has 0 radical (unpaired) electrons. The molecular formula is C25H26N2O7S. The summed E-state index contributed by atoms with van der Waals surface area (Å²) in [7, 11) is -2.71. The lowest BCUT2D eigenvalue weighted by Crippen LogP contribution is -2.28. The summed E-state index contributed by atoms with van der Waals surface area (Å²) < 4.78 is 37.7. The van der Waals surface area contributed by atoms with Gasteiger partial charge in [0.2, 0.25) is 5.78 Å². The van der Waals surface area contributed by atoms with Crippen LogP contribution in [-0.2, 0) is 19.5 Å². The lowest BCUT2D eigenvalue weighted by Gasteiger charge is -2.20. The van der Waals surface area contributed by atoms with Gasteiger partial charge in [0.1, 0.15) is 4.90 Å². The number of para-hydroxylation sites is 1. The molecule has 1 aromatic heterocycles. The van der Waals surface area contributed by atoms with E-state index in [1.807, 2.05) is 0 Å². The molecule has 3 rings (SSSR count). The van der Waals surface area contributed by atoms with Crippen molar-refractivity contribution in [3.8, 4) is 0 Å². The van der Waals surface area contributed by atoms with Gasteiger partial charge in [-0.1, -0.05) is 30.3 Å². The van der Waals surface area contributed by atoms with Gasteiger partial charge in [-0.2, -0.15) is 0 Å². The molecule has 0 saturated heterocycles. The minimum Gasteiger partial charge on any atom is -0.462 e. The molecule has 184 valence electrons. The number of nitrogens with one attached hydrogen (secondary N) is 1. The van der Waals surface area contributed by atoms with Crippen LogP contribution >= 0.6 is 0 Å². The SMILES string of the molecule is CCOC(=O)c1c(C)[nH]c(C(=O)COC(=O)c2ccccc2S(=O)(=O)N(C)c2ccccc2)c1C. The number of benzene rings is 2. The van der Waals surface area contributed by atoms with Gasteiger partial charge in [0.25, 0.3) is 10.0 Å². The van der Waals surface area contributed by atoms with Crippen molar-refractivity contribution in [2.45, 2.75) is 25.7 Å². The van der Waals surface area contributed by atoms with E-state index >= 15 is 0 Å². The van der Waals surface area contributed by atoms with Crippen molar-refractivity contribution in [2.75, 3.05) is 24.6 Å². The van der Waals surface area contributed by atoms with Crippen LogP contribution in [0.5, 0.6) is 0 Å². The van der Waals surface area contributed by atoms with Gasteiger partial charge in [-0.15, -0.1) is 0 Å². The van der Waals surface area contributed by atoms with E-state index in [2.05, 4.69) is 4.98 Å². The fourth-order valence-electron chi connectivity index (χ4n) is 3.60. The molecule has 0 aliphatic rings. The number of sulfonamides is 1. The summed E-state index contributed by atoms with van der Waals surface area (Å²) in [6.45, 7) is 4.44. The van der Waals surface area contributed by atoms with Crippen LogP contribution in [0.1, 0.15) is 49.4 Å². The number of rotatable bonds is 9. The Balaban J connectivity index is 1.81. The fourth-order valence-corrected chi connectivity index (χ4v) is 4.98. The van der Waals surface area contributed by atoms with Gasteiger partial charge in [0, 0.05) is 12.7 Å². The number of aryl methyl sites for hydroxylation is 1. The first-order valence-electron chi connectivity index (χ1n) is 10.8. The van der Waals surface area contributed by atoms with Gasteiger partial charge in [0.05, 0.1) is 29.1 Å². The second-order valence-electron chi connectivity index (χ2n) is 7.65. The molecule has 0 aliphatic heterocycles. The predicted molar refractivity (Wildman–Crippen MR) is 129 cm³/mol. The molecule has 1 heterocycles. The second kappa shape index (κ2) is 10.6. The number of aromatic amines is 1. The maximum atomic E-state index is 13.2. The van der Waals surface area contributed by atoms with Crippen LogP contribution in [0, 0.1) is 13.8 Å². The molecule has 0 spiro atoms. The van der Waals surface area contributed by atoms with Crippen LogP contribution < -0.4 is 4.31 Å². The summed E-state index contributed by atoms with van der Waals surface area (Å²) in [6.07, 6.45) is 0. The van der Waals surface area contributed by atoms with E-state index in [0.717, 1.165) is 4.31 Å². The monoisotopic (exact) mass is 498 g/mol. The van der Waals surface area contributed by atoms with E-state index in [9.17, 15) is 22.8 Å². The zero-order valence-electron chi connectivity index (χ0n) is 19.8. The Hall–Kier alpha value is -3.92. The molecule has 0 aliphatic carbocycles. The zero-order chi connectivity index (χ0) is 25.8. The van der Waals surface area contributed by atoms with Crippen molar-refractivity contribution >= 4 is 33.4 Å². The topological polar surface area (TPSA) is 123 Å². The minimum absolute atomic E-state index is 0.114. The number of carbonyl (C=O) groups excluding carboxylic acids is 3. The molecule has 0 atom stereocenters. The van der Waals surface area contributed by atoms with E-state index < -0.39 is 34.4 Å². The summed E-state index contributed by atoms with van der Waals surface area (Å²) in [5.41, 5.74) is 1.42. The summed E-state index contributed by atoms with van der Waals surface area (Å²) in [4.78, 5) is 40.3. The fraction of sp³-hybridized carbons (Fsp3) is 0.240. The van der Waals surface area contributed by atoms with E-state index in [1.165, 1.54) is 31.3 Å². The van der Waals surface area contributed by atoms with Gasteiger partial charge < -0.3 is 14.5 Å². The Labute approximate surface area is 203 Å². The normalized spacial score (nSPS) is 11.1. The molecular weight excluding hydrogens is 472 g/mol. The number of Topliss-reactive ketones (excluding diaryl/α,β-unsaturated/α-hetero) is 1. The third-order valence-corrected chi connectivity index (χ3v) is 7.24. The Morgan fingerprint density at radius 1 is 0.914 bits per heavy atom. The van der Waals surface area contributed by atoms with Crippen LogP contribution in [0.4, 0.5) is 5.69 Å². The first-order valence-corrected chi connectivity index (χ1v) is 12.2. The van der Waals surface area contributed by atoms with E-state index in [1.54, 1.807) is 51.1 Å². The highest BCUT2D eigenvalue weighted by atomic mass is 32.2. The molecule has 2 aromatic carbocycles. The van der Waals surface area contributed by atoms with Crippen molar-refractivity contribution in [3.63, 3.8) is 0 Å². The largest absolute Gasteiger partial charge is 0.462 e. The molecule has 0 unspecified atom stereocenters. The molecule has 35 heavy (non-hydrogen) atoms. The number of ketones is 1. The number of hydrogen-bond acceptors (Lipinski definition) is 7. The van der Waals surface area contributed by atoms with Crippen molar-refractivity contribution in [2.24, 2.45) is 0 Å². The summed E-state index contributed by atoms with van der Waals surface area (Å²) >= 11 is 0. The van der Waals surface area contributed by atoms with E-state index in [4.69, 9.17) is 9.47 Å². The lowest BCUT2D eigenvalue weighted by molar-refractivity contribution is 0.0468. The lowest BCUT2D eigenvalue weighted by atomic mass is 10.1. The predicted octanol–water partition coefficient (Wildman–Crippen LogP) is 3.67. The highest BCUT2D eigenvalue weighted by Crippen LogP contribution is 2.25. The molecule has 0 bridgehead atoms. The smallest absolute Gasteiger partial charge is 0.340 e. The number of anilines is 1. The molecule has 9 nitrogen and oxygen atoms in total. The first kappa shape index (κ1) is 25.7. The number of hydrogen-bond donors (Lipinski definition) is 1. The van der Waals surface area contributed by atoms with E-state index in [0.29, 0.717) is 16.9 Å². The van der Waals surface area contributed by atoms with Crippen LogP contribution in [0.25, 0.3) is 0 Å².